The molecule has 1 heterocycles. The van der Waals surface area contributed by atoms with Crippen LogP contribution in [0.3, 0.4) is 0 Å². The molecule has 1 N–H and O–H groups in total. The van der Waals surface area contributed by atoms with Crippen molar-refractivity contribution in [3.05, 3.63) is 51.9 Å². The van der Waals surface area contributed by atoms with Crippen molar-refractivity contribution < 1.29 is 13.2 Å². The molecule has 0 radical (unpaired) electrons. The summed E-state index contributed by atoms with van der Waals surface area (Å²) >= 11 is 5.79. The maximum Gasteiger partial charge on any atom is 0.451 e. The Morgan fingerprint density at radius 3 is 2.12 bits per heavy atom. The van der Waals surface area contributed by atoms with Crippen LogP contribution in [0.1, 0.15) is 43.3 Å². The normalized spacial score (nSPS) is 12.3. The van der Waals surface area contributed by atoms with Gasteiger partial charge in [-0.3, -0.25) is 0 Å². The molecule has 0 saturated heterocycles. The lowest BCUT2D eigenvalue weighted by atomic mass is 9.87. The second kappa shape index (κ2) is 6.59. The van der Waals surface area contributed by atoms with Crippen molar-refractivity contribution in [2.75, 3.05) is 5.32 Å². The summed E-state index contributed by atoms with van der Waals surface area (Å²) in [4.78, 5) is 6.83. The molecule has 0 atom stereocenters. The number of hydrogen-bond acceptors (Lipinski definition) is 3. The Morgan fingerprint density at radius 1 is 1.04 bits per heavy atom. The fraction of sp³-hybridized carbons (Fsp3) is 0.412. The summed E-state index contributed by atoms with van der Waals surface area (Å²) in [5.41, 5.74) is 2.55. The fourth-order valence-electron chi connectivity index (χ4n) is 2.10. The molecule has 0 saturated carbocycles. The Kier molecular flexibility index (Phi) is 5.08. The number of aromatic nitrogens is 2. The van der Waals surface area contributed by atoms with Crippen molar-refractivity contribution in [3.63, 3.8) is 0 Å². The van der Waals surface area contributed by atoms with Crippen LogP contribution in [0.2, 0.25) is 5.15 Å². The number of halogens is 4. The summed E-state index contributed by atoms with van der Waals surface area (Å²) < 4.78 is 38.4. The highest BCUT2D eigenvalue weighted by atomic mass is 35.5. The van der Waals surface area contributed by atoms with Crippen LogP contribution in [0.15, 0.2) is 24.3 Å². The highest BCUT2D eigenvalue weighted by Gasteiger charge is 2.36. The Morgan fingerprint density at radius 2 is 1.62 bits per heavy atom. The van der Waals surface area contributed by atoms with Gasteiger partial charge in [-0.05, 0) is 23.5 Å². The van der Waals surface area contributed by atoms with Gasteiger partial charge < -0.3 is 5.32 Å². The zero-order valence-corrected chi connectivity index (χ0v) is 14.7. The molecule has 0 unspecified atom stereocenters. The van der Waals surface area contributed by atoms with Gasteiger partial charge in [0.1, 0.15) is 11.0 Å². The number of rotatable bonds is 3. The number of benzene rings is 1. The van der Waals surface area contributed by atoms with Crippen molar-refractivity contribution >= 4 is 17.4 Å². The van der Waals surface area contributed by atoms with E-state index in [-0.39, 0.29) is 16.4 Å². The van der Waals surface area contributed by atoms with Gasteiger partial charge in [0.05, 0.1) is 0 Å². The van der Waals surface area contributed by atoms with Crippen molar-refractivity contribution in [3.8, 4) is 0 Å². The van der Waals surface area contributed by atoms with Crippen LogP contribution >= 0.6 is 11.6 Å². The van der Waals surface area contributed by atoms with Crippen LogP contribution in [-0.2, 0) is 18.1 Å². The van der Waals surface area contributed by atoms with E-state index in [1.54, 1.807) is 6.92 Å². The highest BCUT2D eigenvalue weighted by Crippen LogP contribution is 2.30. The third kappa shape index (κ3) is 4.38. The third-order valence-electron chi connectivity index (χ3n) is 3.62. The summed E-state index contributed by atoms with van der Waals surface area (Å²) in [7, 11) is 0. The maximum atomic E-state index is 12.8. The van der Waals surface area contributed by atoms with Crippen molar-refractivity contribution in [2.45, 2.75) is 45.8 Å². The smallest absolute Gasteiger partial charge is 0.366 e. The predicted octanol–water partition coefficient (Wildman–Crippen LogP) is 5.37. The molecule has 130 valence electrons. The van der Waals surface area contributed by atoms with Gasteiger partial charge in [-0.15, -0.1) is 0 Å². The number of nitrogens with one attached hydrogen (secondary N) is 1. The van der Waals surface area contributed by atoms with Gasteiger partial charge in [0.25, 0.3) is 0 Å². The van der Waals surface area contributed by atoms with Crippen LogP contribution < -0.4 is 5.32 Å². The molecular formula is C17H19ClF3N3. The van der Waals surface area contributed by atoms with Crippen molar-refractivity contribution in [2.24, 2.45) is 0 Å². The van der Waals surface area contributed by atoms with Crippen molar-refractivity contribution in [1.82, 2.24) is 9.97 Å². The zero-order valence-electron chi connectivity index (χ0n) is 13.9. The van der Waals surface area contributed by atoms with Gasteiger partial charge in [-0.25, -0.2) is 9.97 Å². The van der Waals surface area contributed by atoms with Crippen LogP contribution in [0.4, 0.5) is 19.0 Å². The molecule has 0 fully saturated rings. The minimum absolute atomic E-state index is 0.0460. The molecule has 0 amide bonds. The first kappa shape index (κ1) is 18.5. The lowest BCUT2D eigenvalue weighted by Gasteiger charge is -2.19. The molecule has 0 aliphatic heterocycles. The van der Waals surface area contributed by atoms with Crippen molar-refractivity contribution in [1.29, 1.82) is 0 Å². The van der Waals surface area contributed by atoms with E-state index in [1.165, 1.54) is 5.56 Å². The third-order valence-corrected chi connectivity index (χ3v) is 3.99. The van der Waals surface area contributed by atoms with Gasteiger partial charge >= 0.3 is 6.18 Å². The van der Waals surface area contributed by atoms with Gasteiger partial charge in [0, 0.05) is 12.1 Å². The lowest BCUT2D eigenvalue weighted by Crippen LogP contribution is -2.15. The minimum Gasteiger partial charge on any atom is -0.366 e. The average molecular weight is 358 g/mol. The monoisotopic (exact) mass is 357 g/mol. The van der Waals surface area contributed by atoms with Crippen LogP contribution in [0.5, 0.6) is 0 Å². The van der Waals surface area contributed by atoms with Gasteiger partial charge in [0.2, 0.25) is 5.82 Å². The Bertz CT molecular complexity index is 720. The molecule has 24 heavy (non-hydrogen) atoms. The van der Waals surface area contributed by atoms with E-state index < -0.39 is 12.0 Å². The fourth-order valence-corrected chi connectivity index (χ4v) is 2.27. The summed E-state index contributed by atoms with van der Waals surface area (Å²) in [5.74, 6) is -1.16. The lowest BCUT2D eigenvalue weighted by molar-refractivity contribution is -0.144. The zero-order chi connectivity index (χ0) is 18.1. The summed E-state index contributed by atoms with van der Waals surface area (Å²) in [6, 6.07) is 7.91. The Balaban J connectivity index is 2.19. The molecule has 1 aromatic heterocycles. The molecule has 2 rings (SSSR count). The second-order valence-corrected chi connectivity index (χ2v) is 6.97. The molecule has 0 aliphatic carbocycles. The number of anilines is 1. The molecule has 0 aliphatic rings. The van der Waals surface area contributed by atoms with Crippen LogP contribution in [0, 0.1) is 6.92 Å². The predicted molar refractivity (Wildman–Crippen MR) is 89.2 cm³/mol. The van der Waals surface area contributed by atoms with Gasteiger partial charge in [0.15, 0.2) is 0 Å². The summed E-state index contributed by atoms with van der Waals surface area (Å²) in [5, 5.41) is 2.70. The topological polar surface area (TPSA) is 37.8 Å². The van der Waals surface area contributed by atoms with Gasteiger partial charge in [-0.1, -0.05) is 56.6 Å². The quantitative estimate of drug-likeness (QED) is 0.751. The first-order valence-electron chi connectivity index (χ1n) is 7.43. The second-order valence-electron chi connectivity index (χ2n) is 6.61. The molecule has 3 nitrogen and oxygen atoms in total. The SMILES string of the molecule is Cc1c(Cl)nc(C(F)(F)F)nc1NCc1ccc(C(C)(C)C)cc1. The summed E-state index contributed by atoms with van der Waals surface area (Å²) in [6.07, 6.45) is -4.64. The highest BCUT2D eigenvalue weighted by molar-refractivity contribution is 6.30. The maximum absolute atomic E-state index is 12.8. The molecule has 7 heteroatoms. The Hall–Kier alpha value is -1.82. The molecule has 1 aromatic carbocycles. The first-order chi connectivity index (χ1) is 11.0. The van der Waals surface area contributed by atoms with Gasteiger partial charge in [-0.2, -0.15) is 13.2 Å². The van der Waals surface area contributed by atoms with Crippen LogP contribution in [-0.4, -0.2) is 9.97 Å². The molecule has 2 aromatic rings. The first-order valence-corrected chi connectivity index (χ1v) is 7.81. The van der Waals surface area contributed by atoms with Crippen LogP contribution in [0.25, 0.3) is 0 Å². The minimum atomic E-state index is -4.64. The van der Waals surface area contributed by atoms with E-state index in [9.17, 15) is 13.2 Å². The molecular weight excluding hydrogens is 339 g/mol. The van der Waals surface area contributed by atoms with E-state index >= 15 is 0 Å². The molecule has 0 spiro atoms. The number of hydrogen-bond donors (Lipinski definition) is 1. The number of nitrogens with zero attached hydrogens (tertiary/aromatic N) is 2. The average Bonchev–Trinajstić information content (AvgIpc) is 2.47. The van der Waals surface area contributed by atoms with E-state index in [0.717, 1.165) is 5.56 Å². The Labute approximate surface area is 144 Å². The van der Waals surface area contributed by atoms with E-state index in [0.29, 0.717) is 12.1 Å². The van der Waals surface area contributed by atoms with E-state index in [2.05, 4.69) is 36.1 Å². The number of alkyl halides is 3. The standard InChI is InChI=1S/C17H19ClF3N3/c1-10-13(18)23-15(17(19,20)21)24-14(10)22-9-11-5-7-12(8-6-11)16(2,3)4/h5-8H,9H2,1-4H3,(H,22,23,24). The largest absolute Gasteiger partial charge is 0.451 e. The van der Waals surface area contributed by atoms with E-state index in [4.69, 9.17) is 11.6 Å². The summed E-state index contributed by atoms with van der Waals surface area (Å²) in [6.45, 7) is 8.27. The molecule has 0 bridgehead atoms. The van der Waals surface area contributed by atoms with E-state index in [1.807, 2.05) is 24.3 Å².